The SMILES string of the molecule is CC(C)(C)[Si](C)(C)Oc1ccc(C2=CC(Cl)=CN3CCSN=C23)cc1. The molecule has 2 aliphatic heterocycles. The average Bonchev–Trinajstić information content (AvgIpc) is 2.53. The van der Waals surface area contributed by atoms with Crippen LogP contribution in [0.4, 0.5) is 0 Å². The molecular formula is C19H25ClN2OSSi. The molecule has 0 saturated carbocycles. The minimum absolute atomic E-state index is 0.185. The van der Waals surface area contributed by atoms with Crippen molar-refractivity contribution in [3.63, 3.8) is 0 Å². The molecule has 2 aliphatic rings. The van der Waals surface area contributed by atoms with Gasteiger partial charge in [0.25, 0.3) is 0 Å². The standard InChI is InChI=1S/C19H25ClN2OSSi/c1-19(2,3)25(4,5)23-16-8-6-14(7-9-16)17-12-15(20)13-22-10-11-24-21-18(17)22/h6-9,12-13H,10-11H2,1-5H3. The molecule has 0 unspecified atom stereocenters. The molecule has 2 heterocycles. The molecule has 6 heteroatoms. The van der Waals surface area contributed by atoms with Crippen LogP contribution in [-0.2, 0) is 0 Å². The monoisotopic (exact) mass is 392 g/mol. The van der Waals surface area contributed by atoms with Crippen LogP contribution in [0, 0.1) is 0 Å². The number of benzene rings is 1. The summed E-state index contributed by atoms with van der Waals surface area (Å²) in [5.74, 6) is 2.90. The van der Waals surface area contributed by atoms with E-state index in [-0.39, 0.29) is 5.04 Å². The van der Waals surface area contributed by atoms with Crippen LogP contribution >= 0.6 is 23.5 Å². The van der Waals surface area contributed by atoms with Crippen molar-refractivity contribution in [2.24, 2.45) is 4.40 Å². The van der Waals surface area contributed by atoms with Crippen molar-refractivity contribution >= 4 is 43.3 Å². The van der Waals surface area contributed by atoms with E-state index in [1.54, 1.807) is 11.9 Å². The second-order valence-corrected chi connectivity index (χ2v) is 13.9. The van der Waals surface area contributed by atoms with Crippen LogP contribution < -0.4 is 4.43 Å². The molecule has 0 bridgehead atoms. The summed E-state index contributed by atoms with van der Waals surface area (Å²) in [4.78, 5) is 2.13. The Balaban J connectivity index is 1.85. The normalized spacial score (nSPS) is 18.2. The third kappa shape index (κ3) is 3.99. The third-order valence-corrected chi connectivity index (χ3v) is 10.2. The molecule has 0 aromatic heterocycles. The topological polar surface area (TPSA) is 24.8 Å². The van der Waals surface area contributed by atoms with Crippen LogP contribution in [0.5, 0.6) is 5.75 Å². The fraction of sp³-hybridized carbons (Fsp3) is 0.421. The molecule has 0 saturated heterocycles. The highest BCUT2D eigenvalue weighted by molar-refractivity contribution is 7.98. The molecule has 0 fully saturated rings. The Morgan fingerprint density at radius 2 is 1.88 bits per heavy atom. The summed E-state index contributed by atoms with van der Waals surface area (Å²) < 4.78 is 11.0. The first-order valence-electron chi connectivity index (χ1n) is 8.53. The number of allylic oxidation sites excluding steroid dienone is 2. The van der Waals surface area contributed by atoms with Crippen LogP contribution in [0.2, 0.25) is 18.1 Å². The number of rotatable bonds is 3. The minimum Gasteiger partial charge on any atom is -0.544 e. The van der Waals surface area contributed by atoms with E-state index in [0.29, 0.717) is 0 Å². The molecular weight excluding hydrogens is 368 g/mol. The summed E-state index contributed by atoms with van der Waals surface area (Å²) in [7, 11) is -1.82. The van der Waals surface area contributed by atoms with E-state index >= 15 is 0 Å². The molecule has 0 aliphatic carbocycles. The summed E-state index contributed by atoms with van der Waals surface area (Å²) in [5, 5.41) is 0.923. The second kappa shape index (κ2) is 6.86. The van der Waals surface area contributed by atoms with Gasteiger partial charge < -0.3 is 9.33 Å². The molecule has 1 aromatic carbocycles. The third-order valence-electron chi connectivity index (χ3n) is 4.99. The van der Waals surface area contributed by atoms with Gasteiger partial charge in [0.2, 0.25) is 8.32 Å². The lowest BCUT2D eigenvalue weighted by atomic mass is 10.0. The van der Waals surface area contributed by atoms with Gasteiger partial charge in [-0.25, -0.2) is 0 Å². The first-order valence-corrected chi connectivity index (χ1v) is 12.8. The highest BCUT2D eigenvalue weighted by Gasteiger charge is 2.39. The highest BCUT2D eigenvalue weighted by atomic mass is 35.5. The largest absolute Gasteiger partial charge is 0.544 e. The maximum absolute atomic E-state index is 6.37. The first kappa shape index (κ1) is 18.6. The van der Waals surface area contributed by atoms with Crippen molar-refractivity contribution in [2.45, 2.75) is 38.9 Å². The number of hydrogen-bond donors (Lipinski definition) is 0. The van der Waals surface area contributed by atoms with Crippen molar-refractivity contribution < 1.29 is 4.43 Å². The number of fused-ring (bicyclic) bond motifs is 1. The van der Waals surface area contributed by atoms with E-state index in [2.05, 4.69) is 67.4 Å². The first-order chi connectivity index (χ1) is 11.7. The molecule has 134 valence electrons. The smallest absolute Gasteiger partial charge is 0.250 e. The maximum Gasteiger partial charge on any atom is 0.250 e. The lowest BCUT2D eigenvalue weighted by molar-refractivity contribution is 0.492. The Hall–Kier alpha value is -1.17. The summed E-state index contributed by atoms with van der Waals surface area (Å²) in [6.07, 6.45) is 3.95. The van der Waals surface area contributed by atoms with E-state index in [0.717, 1.165) is 40.1 Å². The summed E-state index contributed by atoms with van der Waals surface area (Å²) in [6, 6.07) is 8.32. The molecule has 0 N–H and O–H groups in total. The Morgan fingerprint density at radius 3 is 2.52 bits per heavy atom. The molecule has 1 aromatic rings. The Labute approximate surface area is 161 Å². The van der Waals surface area contributed by atoms with Gasteiger partial charge in [-0.05, 0) is 53.9 Å². The summed E-state index contributed by atoms with van der Waals surface area (Å²) in [5.41, 5.74) is 2.18. The lowest BCUT2D eigenvalue weighted by Crippen LogP contribution is -2.43. The molecule has 0 amide bonds. The molecule has 0 spiro atoms. The number of nitrogens with zero attached hydrogens (tertiary/aromatic N) is 2. The zero-order valence-electron chi connectivity index (χ0n) is 15.5. The van der Waals surface area contributed by atoms with Gasteiger partial charge in [-0.15, -0.1) is 0 Å². The molecule has 0 radical (unpaired) electrons. The fourth-order valence-electron chi connectivity index (χ4n) is 2.49. The fourth-order valence-corrected chi connectivity index (χ4v) is 4.44. The number of hydrogen-bond acceptors (Lipinski definition) is 4. The van der Waals surface area contributed by atoms with E-state index in [9.17, 15) is 0 Å². The van der Waals surface area contributed by atoms with Gasteiger partial charge in [0, 0.05) is 24.1 Å². The molecule has 3 rings (SSSR count). The molecule has 0 atom stereocenters. The predicted octanol–water partition coefficient (Wildman–Crippen LogP) is 5.91. The second-order valence-electron chi connectivity index (χ2n) is 7.90. The van der Waals surface area contributed by atoms with Gasteiger partial charge in [0.1, 0.15) is 11.6 Å². The molecule has 25 heavy (non-hydrogen) atoms. The van der Waals surface area contributed by atoms with Gasteiger partial charge >= 0.3 is 0 Å². The summed E-state index contributed by atoms with van der Waals surface area (Å²) >= 11 is 7.92. The van der Waals surface area contributed by atoms with Crippen LogP contribution in [-0.4, -0.2) is 31.4 Å². The van der Waals surface area contributed by atoms with Crippen molar-refractivity contribution in [1.29, 1.82) is 0 Å². The van der Waals surface area contributed by atoms with Crippen LogP contribution in [0.3, 0.4) is 0 Å². The maximum atomic E-state index is 6.37. The average molecular weight is 393 g/mol. The number of amidine groups is 1. The predicted molar refractivity (Wildman–Crippen MR) is 113 cm³/mol. The Morgan fingerprint density at radius 1 is 1.20 bits per heavy atom. The van der Waals surface area contributed by atoms with Gasteiger partial charge in [-0.1, -0.05) is 44.5 Å². The minimum atomic E-state index is -1.82. The van der Waals surface area contributed by atoms with Crippen LogP contribution in [0.15, 0.2) is 46.0 Å². The van der Waals surface area contributed by atoms with E-state index < -0.39 is 8.32 Å². The zero-order valence-corrected chi connectivity index (χ0v) is 18.0. The van der Waals surface area contributed by atoms with Crippen LogP contribution in [0.25, 0.3) is 5.57 Å². The summed E-state index contributed by atoms with van der Waals surface area (Å²) in [6.45, 7) is 12.2. The van der Waals surface area contributed by atoms with Crippen molar-refractivity contribution in [3.05, 3.63) is 47.1 Å². The molecule has 3 nitrogen and oxygen atoms in total. The highest BCUT2D eigenvalue weighted by Crippen LogP contribution is 2.38. The van der Waals surface area contributed by atoms with Gasteiger partial charge in [-0.2, -0.15) is 4.40 Å². The van der Waals surface area contributed by atoms with E-state index in [4.69, 9.17) is 16.0 Å². The van der Waals surface area contributed by atoms with Gasteiger partial charge in [0.15, 0.2) is 0 Å². The van der Waals surface area contributed by atoms with Gasteiger partial charge in [0.05, 0.1) is 5.03 Å². The zero-order chi connectivity index (χ0) is 18.2. The Bertz CT molecular complexity index is 748. The van der Waals surface area contributed by atoms with Crippen molar-refractivity contribution in [2.75, 3.05) is 12.3 Å². The van der Waals surface area contributed by atoms with E-state index in [1.165, 1.54) is 0 Å². The van der Waals surface area contributed by atoms with Gasteiger partial charge in [-0.3, -0.25) is 0 Å². The Kier molecular flexibility index (Phi) is 5.10. The van der Waals surface area contributed by atoms with Crippen molar-refractivity contribution in [1.82, 2.24) is 4.90 Å². The number of halogens is 1. The lowest BCUT2D eigenvalue weighted by Gasteiger charge is -2.36. The quantitative estimate of drug-likeness (QED) is 0.472. The van der Waals surface area contributed by atoms with Crippen molar-refractivity contribution in [3.8, 4) is 5.75 Å². The van der Waals surface area contributed by atoms with E-state index in [1.807, 2.05) is 12.3 Å². The van der Waals surface area contributed by atoms with Crippen LogP contribution in [0.1, 0.15) is 26.3 Å².